The second-order valence-corrected chi connectivity index (χ2v) is 7.05. The minimum Gasteiger partial charge on any atom is -0.352 e. The molecule has 1 aliphatic rings. The molecule has 0 spiro atoms. The maximum Gasteiger partial charge on any atom is 0.220 e. The Labute approximate surface area is 149 Å². The highest BCUT2D eigenvalue weighted by atomic mass is 16.1. The van der Waals surface area contributed by atoms with Crippen LogP contribution in [-0.2, 0) is 4.79 Å². The summed E-state index contributed by atoms with van der Waals surface area (Å²) in [6, 6.07) is 0.467. The molecule has 3 nitrogen and oxygen atoms in total. The van der Waals surface area contributed by atoms with Crippen molar-refractivity contribution in [3.05, 3.63) is 24.3 Å². The van der Waals surface area contributed by atoms with Crippen molar-refractivity contribution in [3.63, 3.8) is 0 Å². The minimum atomic E-state index is 0.179. The number of hydrogen-bond acceptors (Lipinski definition) is 2. The average Bonchev–Trinajstić information content (AvgIpc) is 3.25. The van der Waals surface area contributed by atoms with Gasteiger partial charge in [-0.25, -0.2) is 0 Å². The van der Waals surface area contributed by atoms with Crippen molar-refractivity contribution >= 4 is 5.91 Å². The molecule has 0 aromatic rings. The molecule has 1 fully saturated rings. The van der Waals surface area contributed by atoms with E-state index in [2.05, 4.69) is 36.5 Å². The van der Waals surface area contributed by atoms with E-state index >= 15 is 0 Å². The van der Waals surface area contributed by atoms with Gasteiger partial charge in [-0.3, -0.25) is 4.79 Å². The first kappa shape index (κ1) is 21.0. The number of nitrogens with two attached hydrogens (primary N) is 1. The fourth-order valence-electron chi connectivity index (χ4n) is 2.76. The third-order valence-electron chi connectivity index (χ3n) is 4.54. The Bertz CT molecular complexity index is 376. The summed E-state index contributed by atoms with van der Waals surface area (Å²) in [6.45, 7) is 2.24. The SMILES string of the molecule is CCCCC/C=C\C/C=C\CCCCCCCC(=O)N[C@@H]1C[C@@H]1N. The molecule has 0 heterocycles. The van der Waals surface area contributed by atoms with E-state index in [1.54, 1.807) is 0 Å². The number of nitrogens with one attached hydrogen (secondary N) is 1. The molecule has 138 valence electrons. The molecule has 1 aliphatic carbocycles. The lowest BCUT2D eigenvalue weighted by molar-refractivity contribution is -0.121. The lowest BCUT2D eigenvalue weighted by Gasteiger charge is -2.03. The summed E-state index contributed by atoms with van der Waals surface area (Å²) in [7, 11) is 0. The number of allylic oxidation sites excluding steroid dienone is 4. The lowest BCUT2D eigenvalue weighted by atomic mass is 10.1. The van der Waals surface area contributed by atoms with Crippen LogP contribution in [0.1, 0.15) is 90.4 Å². The van der Waals surface area contributed by atoms with E-state index in [4.69, 9.17) is 5.73 Å². The molecule has 0 aliphatic heterocycles. The molecule has 3 N–H and O–H groups in total. The van der Waals surface area contributed by atoms with Gasteiger partial charge in [0, 0.05) is 18.5 Å². The average molecular weight is 335 g/mol. The van der Waals surface area contributed by atoms with Crippen molar-refractivity contribution in [2.24, 2.45) is 5.73 Å². The number of amides is 1. The summed E-state index contributed by atoms with van der Waals surface area (Å²) < 4.78 is 0. The molecule has 0 aromatic heterocycles. The number of carbonyl (C=O) groups is 1. The van der Waals surface area contributed by atoms with E-state index in [1.165, 1.54) is 51.4 Å². The van der Waals surface area contributed by atoms with Crippen LogP contribution in [0.4, 0.5) is 0 Å². The van der Waals surface area contributed by atoms with Gasteiger partial charge in [-0.15, -0.1) is 0 Å². The quantitative estimate of drug-likeness (QED) is 0.326. The number of carbonyl (C=O) groups excluding carboxylic acids is 1. The Morgan fingerprint density at radius 2 is 1.54 bits per heavy atom. The van der Waals surface area contributed by atoms with Gasteiger partial charge in [0.25, 0.3) is 0 Å². The fraction of sp³-hybridized carbons (Fsp3) is 0.762. The summed E-state index contributed by atoms with van der Waals surface area (Å²) >= 11 is 0. The molecule has 0 aromatic carbocycles. The van der Waals surface area contributed by atoms with Gasteiger partial charge in [0.2, 0.25) is 5.91 Å². The van der Waals surface area contributed by atoms with Gasteiger partial charge in [-0.1, -0.05) is 63.3 Å². The first-order chi connectivity index (χ1) is 11.7. The maximum absolute atomic E-state index is 11.6. The molecule has 1 rings (SSSR count). The second kappa shape index (κ2) is 14.3. The highest BCUT2D eigenvalue weighted by molar-refractivity contribution is 5.76. The molecule has 0 saturated heterocycles. The van der Waals surface area contributed by atoms with Crippen molar-refractivity contribution in [1.82, 2.24) is 5.32 Å². The van der Waals surface area contributed by atoms with E-state index in [9.17, 15) is 4.79 Å². The maximum atomic E-state index is 11.6. The third-order valence-corrected chi connectivity index (χ3v) is 4.54. The molecule has 0 radical (unpaired) electrons. The zero-order chi connectivity index (χ0) is 17.5. The zero-order valence-corrected chi connectivity index (χ0v) is 15.6. The van der Waals surface area contributed by atoms with Crippen molar-refractivity contribution in [2.75, 3.05) is 0 Å². The van der Waals surface area contributed by atoms with Gasteiger partial charge in [-0.2, -0.15) is 0 Å². The van der Waals surface area contributed by atoms with Crippen molar-refractivity contribution in [3.8, 4) is 0 Å². The molecule has 1 amide bonds. The number of unbranched alkanes of at least 4 members (excludes halogenated alkanes) is 8. The third kappa shape index (κ3) is 12.3. The minimum absolute atomic E-state index is 0.179. The van der Waals surface area contributed by atoms with Crippen LogP contribution >= 0.6 is 0 Å². The normalized spacial score (nSPS) is 20.1. The van der Waals surface area contributed by atoms with Crippen LogP contribution in [-0.4, -0.2) is 18.0 Å². The van der Waals surface area contributed by atoms with Gasteiger partial charge < -0.3 is 11.1 Å². The summed E-state index contributed by atoms with van der Waals surface area (Å²) in [6.07, 6.45) is 24.2. The monoisotopic (exact) mass is 334 g/mol. The van der Waals surface area contributed by atoms with Crippen LogP contribution in [0.5, 0.6) is 0 Å². The van der Waals surface area contributed by atoms with Crippen LogP contribution < -0.4 is 11.1 Å². The fourth-order valence-corrected chi connectivity index (χ4v) is 2.76. The Morgan fingerprint density at radius 1 is 0.958 bits per heavy atom. The topological polar surface area (TPSA) is 55.1 Å². The van der Waals surface area contributed by atoms with E-state index in [0.717, 1.165) is 25.7 Å². The van der Waals surface area contributed by atoms with E-state index in [-0.39, 0.29) is 18.0 Å². The van der Waals surface area contributed by atoms with Crippen molar-refractivity contribution in [1.29, 1.82) is 0 Å². The van der Waals surface area contributed by atoms with Gasteiger partial charge >= 0.3 is 0 Å². The Morgan fingerprint density at radius 3 is 2.17 bits per heavy atom. The highest BCUT2D eigenvalue weighted by Gasteiger charge is 2.34. The van der Waals surface area contributed by atoms with Crippen molar-refractivity contribution < 1.29 is 4.79 Å². The summed E-state index contributed by atoms with van der Waals surface area (Å²) in [4.78, 5) is 11.6. The second-order valence-electron chi connectivity index (χ2n) is 7.05. The summed E-state index contributed by atoms with van der Waals surface area (Å²) in [5.41, 5.74) is 5.68. The van der Waals surface area contributed by atoms with Gasteiger partial charge in [-0.05, 0) is 44.9 Å². The van der Waals surface area contributed by atoms with Crippen LogP contribution in [0, 0.1) is 0 Å². The molecule has 0 bridgehead atoms. The van der Waals surface area contributed by atoms with Crippen molar-refractivity contribution in [2.45, 2.75) is 102 Å². The largest absolute Gasteiger partial charge is 0.352 e. The van der Waals surface area contributed by atoms with E-state index < -0.39 is 0 Å². The molecule has 0 unspecified atom stereocenters. The first-order valence-electron chi connectivity index (χ1n) is 10.1. The predicted octanol–water partition coefficient (Wildman–Crippen LogP) is 5.02. The Kier molecular flexibility index (Phi) is 12.5. The van der Waals surface area contributed by atoms with Gasteiger partial charge in [0.05, 0.1) is 0 Å². The van der Waals surface area contributed by atoms with Crippen LogP contribution in [0.3, 0.4) is 0 Å². The molecule has 1 saturated carbocycles. The van der Waals surface area contributed by atoms with E-state index in [0.29, 0.717) is 6.42 Å². The number of hydrogen-bond donors (Lipinski definition) is 2. The molecule has 2 atom stereocenters. The lowest BCUT2D eigenvalue weighted by Crippen LogP contribution is -2.29. The number of rotatable bonds is 15. The standard InChI is InChI=1S/C21H38N2O/c1-2-3-4-5-6-7-8-9-10-11-12-13-14-15-16-17-21(24)23-20-18-19(20)22/h6-7,9-10,19-20H,2-5,8,11-18,22H2,1H3,(H,23,24)/b7-6-,10-9-/t19-,20+/m0/s1. The zero-order valence-electron chi connectivity index (χ0n) is 15.6. The van der Waals surface area contributed by atoms with Gasteiger partial charge in [0.15, 0.2) is 0 Å². The highest BCUT2D eigenvalue weighted by Crippen LogP contribution is 2.18. The summed E-state index contributed by atoms with van der Waals surface area (Å²) in [5.74, 6) is 0.179. The van der Waals surface area contributed by atoms with Gasteiger partial charge in [0.1, 0.15) is 0 Å². The summed E-state index contributed by atoms with van der Waals surface area (Å²) in [5, 5.41) is 2.97. The smallest absolute Gasteiger partial charge is 0.220 e. The van der Waals surface area contributed by atoms with Crippen LogP contribution in [0.15, 0.2) is 24.3 Å². The Balaban J connectivity index is 1.78. The molecular formula is C21H38N2O. The molecular weight excluding hydrogens is 296 g/mol. The van der Waals surface area contributed by atoms with Crippen LogP contribution in [0.25, 0.3) is 0 Å². The predicted molar refractivity (Wildman–Crippen MR) is 104 cm³/mol. The molecule has 24 heavy (non-hydrogen) atoms. The first-order valence-corrected chi connectivity index (χ1v) is 10.1. The van der Waals surface area contributed by atoms with E-state index in [1.807, 2.05) is 0 Å². The molecule has 3 heteroatoms. The Hall–Kier alpha value is -1.09. The van der Waals surface area contributed by atoms with Crippen LogP contribution in [0.2, 0.25) is 0 Å².